The van der Waals surface area contributed by atoms with Crippen LogP contribution in [0.3, 0.4) is 0 Å². The molecule has 0 N–H and O–H groups in total. The lowest BCUT2D eigenvalue weighted by atomic mass is 10.1. The van der Waals surface area contributed by atoms with E-state index in [4.69, 9.17) is 25.5 Å². The molecule has 2 atom stereocenters. The Morgan fingerprint density at radius 2 is 1.71 bits per heavy atom. The van der Waals surface area contributed by atoms with Crippen molar-refractivity contribution < 1.29 is 26.7 Å². The third-order valence-electron chi connectivity index (χ3n) is 8.43. The van der Waals surface area contributed by atoms with E-state index in [2.05, 4.69) is 70.9 Å². The molecule has 0 radical (unpaired) electrons. The highest BCUT2D eigenvalue weighted by molar-refractivity contribution is 9.10. The minimum absolute atomic E-state index is 0.0110. The van der Waals surface area contributed by atoms with E-state index in [1.165, 1.54) is 0 Å². The number of aromatic nitrogens is 2. The van der Waals surface area contributed by atoms with Gasteiger partial charge in [0.05, 0.1) is 35.7 Å². The van der Waals surface area contributed by atoms with Crippen molar-refractivity contribution in [2.24, 2.45) is 0 Å². The zero-order chi connectivity index (χ0) is 32.1. The van der Waals surface area contributed by atoms with Crippen molar-refractivity contribution in [1.29, 1.82) is 0 Å². The zero-order valence-corrected chi connectivity index (χ0v) is 29.5. The predicted octanol–water partition coefficient (Wildman–Crippen LogP) is 5.52. The quantitative estimate of drug-likeness (QED) is 0.139. The molecule has 0 bridgehead atoms. The van der Waals surface area contributed by atoms with E-state index in [9.17, 15) is 8.42 Å². The number of rotatable bonds is 7. The molecule has 0 aliphatic carbocycles. The summed E-state index contributed by atoms with van der Waals surface area (Å²) in [5, 5.41) is 1.72. The molecule has 238 valence electrons. The summed E-state index contributed by atoms with van der Waals surface area (Å²) in [6.45, 7) is 7.96. The summed E-state index contributed by atoms with van der Waals surface area (Å²) in [4.78, 5) is 10.6. The normalized spacial score (nSPS) is 19.0. The molecule has 1 saturated heterocycles. The average molecular weight is 735 g/mol. The van der Waals surface area contributed by atoms with Crippen molar-refractivity contribution in [2.75, 3.05) is 37.5 Å². The van der Waals surface area contributed by atoms with Crippen LogP contribution in [-0.4, -0.2) is 71.5 Å². The highest BCUT2D eigenvalue weighted by Gasteiger charge is 2.51. The van der Waals surface area contributed by atoms with Gasteiger partial charge in [-0.1, -0.05) is 93.0 Å². The van der Waals surface area contributed by atoms with Crippen LogP contribution in [0.4, 0.5) is 10.2 Å². The first-order valence-electron chi connectivity index (χ1n) is 14.7. The van der Waals surface area contributed by atoms with Crippen LogP contribution in [0.1, 0.15) is 27.2 Å². The molecule has 1 fully saturated rings. The largest absolute Gasteiger partial charge is 0.484 e. The maximum absolute atomic E-state index is 15.8. The third-order valence-corrected chi connectivity index (χ3v) is 15.6. The summed E-state index contributed by atoms with van der Waals surface area (Å²) in [5.74, 6) is -0.375. The molecule has 4 aromatic rings. The first-order valence-corrected chi connectivity index (χ1v) is 19.6. The summed E-state index contributed by atoms with van der Waals surface area (Å²) in [6, 6.07) is 20.4. The minimum atomic E-state index is -3.89. The number of nitrogens with zero attached hydrogens (tertiary/aromatic N) is 3. The fraction of sp³-hybridized carbons (Fsp3) is 0.375. The van der Waals surface area contributed by atoms with Gasteiger partial charge in [-0.15, -0.1) is 0 Å². The van der Waals surface area contributed by atoms with Gasteiger partial charge in [-0.05, 0) is 37.8 Å². The SMILES string of the molecule is CC(C)(C)[Si](OCC1CN(C2CCOC2)c2nc(S(C)(=O)=O)nc3c(F)c(Br)c(Cl)c(c23)O1)(c1ccccc1)c1ccccc1. The fourth-order valence-corrected chi connectivity index (χ4v) is 12.0. The second kappa shape index (κ2) is 12.2. The molecule has 0 spiro atoms. The number of benzene rings is 3. The number of anilines is 1. The van der Waals surface area contributed by atoms with E-state index in [0.29, 0.717) is 19.6 Å². The van der Waals surface area contributed by atoms with Gasteiger partial charge < -0.3 is 18.8 Å². The molecule has 3 heterocycles. The summed E-state index contributed by atoms with van der Waals surface area (Å²) in [6.07, 6.45) is 1.08. The Hall–Kier alpha value is -2.61. The van der Waals surface area contributed by atoms with Crippen molar-refractivity contribution in [3.63, 3.8) is 0 Å². The molecule has 2 aliphatic heterocycles. The van der Waals surface area contributed by atoms with E-state index in [1.807, 2.05) is 41.3 Å². The average Bonchev–Trinajstić information content (AvgIpc) is 3.49. The van der Waals surface area contributed by atoms with Gasteiger partial charge in [-0.2, -0.15) is 0 Å². The summed E-state index contributed by atoms with van der Waals surface area (Å²) >= 11 is 10.00. The van der Waals surface area contributed by atoms with Gasteiger partial charge >= 0.3 is 0 Å². The topological polar surface area (TPSA) is 90.9 Å². The first-order chi connectivity index (χ1) is 21.3. The van der Waals surface area contributed by atoms with Crippen LogP contribution < -0.4 is 20.0 Å². The molecule has 2 unspecified atom stereocenters. The van der Waals surface area contributed by atoms with Crippen molar-refractivity contribution in [2.45, 2.75) is 49.5 Å². The van der Waals surface area contributed by atoms with Crippen LogP contribution in [0.2, 0.25) is 10.1 Å². The number of ether oxygens (including phenoxy) is 2. The van der Waals surface area contributed by atoms with Crippen LogP contribution in [0, 0.1) is 5.82 Å². The fourth-order valence-electron chi connectivity index (χ4n) is 6.36. The molecule has 2 aliphatic rings. The maximum atomic E-state index is 15.8. The lowest BCUT2D eigenvalue weighted by molar-refractivity contribution is 0.127. The third kappa shape index (κ3) is 5.78. The predicted molar refractivity (Wildman–Crippen MR) is 180 cm³/mol. The zero-order valence-electron chi connectivity index (χ0n) is 25.4. The Morgan fingerprint density at radius 1 is 1.09 bits per heavy atom. The molecule has 1 aromatic heterocycles. The summed E-state index contributed by atoms with van der Waals surface area (Å²) in [5.41, 5.74) is -0.191. The maximum Gasteiger partial charge on any atom is 0.261 e. The number of hydrogen-bond acceptors (Lipinski definition) is 8. The van der Waals surface area contributed by atoms with Crippen LogP contribution in [0.25, 0.3) is 10.9 Å². The number of halogens is 3. The lowest BCUT2D eigenvalue weighted by Gasteiger charge is -2.44. The van der Waals surface area contributed by atoms with E-state index in [-0.39, 0.29) is 56.2 Å². The van der Waals surface area contributed by atoms with E-state index in [0.717, 1.165) is 16.6 Å². The lowest BCUT2D eigenvalue weighted by Crippen LogP contribution is -2.67. The van der Waals surface area contributed by atoms with Crippen molar-refractivity contribution in [3.8, 4) is 5.75 Å². The van der Waals surface area contributed by atoms with Gasteiger partial charge in [0.15, 0.2) is 11.6 Å². The molecule has 8 nitrogen and oxygen atoms in total. The molecular formula is C32H34BrClFN3O5SSi. The van der Waals surface area contributed by atoms with E-state index >= 15 is 4.39 Å². The van der Waals surface area contributed by atoms with Crippen LogP contribution >= 0.6 is 27.5 Å². The molecule has 6 rings (SSSR count). The molecule has 3 aromatic carbocycles. The standard InChI is InChI=1S/C32H34BrClFN3O5SSi/c1-32(2,3)45(22-11-7-5-8-12-22,23-13-9-6-10-14-23)42-19-21-17-38(20-15-16-41-18-20)30-24-28(36-31(37-30)44(4,39)40)27(35)25(33)26(34)29(24)43-21/h5-14,20-21H,15-19H2,1-4H3. The first kappa shape index (κ1) is 32.3. The monoisotopic (exact) mass is 733 g/mol. The van der Waals surface area contributed by atoms with E-state index in [1.54, 1.807) is 0 Å². The molecular weight excluding hydrogens is 701 g/mol. The Balaban J connectivity index is 1.51. The second-order valence-electron chi connectivity index (χ2n) is 12.5. The van der Waals surface area contributed by atoms with Crippen LogP contribution in [0.5, 0.6) is 5.75 Å². The van der Waals surface area contributed by atoms with Gasteiger partial charge in [0.1, 0.15) is 22.5 Å². The van der Waals surface area contributed by atoms with Crippen LogP contribution in [0.15, 0.2) is 70.3 Å². The van der Waals surface area contributed by atoms with Crippen molar-refractivity contribution in [3.05, 3.63) is 76.0 Å². The Labute approximate surface area is 277 Å². The Bertz CT molecular complexity index is 1800. The van der Waals surface area contributed by atoms with Crippen molar-refractivity contribution in [1.82, 2.24) is 9.97 Å². The summed E-state index contributed by atoms with van der Waals surface area (Å²) in [7, 11) is -6.84. The smallest absolute Gasteiger partial charge is 0.261 e. The molecule has 13 heteroatoms. The molecule has 0 saturated carbocycles. The van der Waals surface area contributed by atoms with Gasteiger partial charge in [0.25, 0.3) is 8.32 Å². The van der Waals surface area contributed by atoms with Crippen molar-refractivity contribution >= 4 is 72.8 Å². The number of sulfone groups is 1. The van der Waals surface area contributed by atoms with Gasteiger partial charge in [-0.25, -0.2) is 22.8 Å². The highest BCUT2D eigenvalue weighted by atomic mass is 79.9. The Morgan fingerprint density at radius 3 is 2.24 bits per heavy atom. The second-order valence-corrected chi connectivity index (χ2v) is 19.9. The van der Waals surface area contributed by atoms with Gasteiger partial charge in [0.2, 0.25) is 15.0 Å². The molecule has 0 amide bonds. The summed E-state index contributed by atoms with van der Waals surface area (Å²) < 4.78 is 60.7. The number of hydrogen-bond donors (Lipinski definition) is 0. The van der Waals surface area contributed by atoms with Gasteiger partial charge in [0, 0.05) is 12.9 Å². The molecule has 45 heavy (non-hydrogen) atoms. The van der Waals surface area contributed by atoms with Crippen LogP contribution in [-0.2, 0) is 19.0 Å². The highest BCUT2D eigenvalue weighted by Crippen LogP contribution is 2.47. The minimum Gasteiger partial charge on any atom is -0.484 e. The van der Waals surface area contributed by atoms with Gasteiger partial charge in [-0.3, -0.25) is 0 Å². The van der Waals surface area contributed by atoms with E-state index < -0.39 is 35.2 Å². The Kier molecular flexibility index (Phi) is 8.77.